The summed E-state index contributed by atoms with van der Waals surface area (Å²) < 4.78 is 30.7. The van der Waals surface area contributed by atoms with Gasteiger partial charge in [-0.1, -0.05) is 42.5 Å². The standard InChI is InChI=1S/C20H20N2O4S/c1-22(2)27(24,25)17-10-8-15(9-11-17)14-21-20(23)19-18(12-13-26-19)16-6-4-3-5-7-16/h3-13H,14H2,1-2H3,(H,21,23). The molecule has 0 aliphatic carbocycles. The molecule has 0 bridgehead atoms. The number of nitrogens with zero attached hydrogens (tertiary/aromatic N) is 1. The fraction of sp³-hybridized carbons (Fsp3) is 0.150. The predicted molar refractivity (Wildman–Crippen MR) is 103 cm³/mol. The molecule has 1 N–H and O–H groups in total. The molecule has 27 heavy (non-hydrogen) atoms. The van der Waals surface area contributed by atoms with Crippen LogP contribution in [0.25, 0.3) is 11.1 Å². The number of sulfonamides is 1. The summed E-state index contributed by atoms with van der Waals surface area (Å²) in [5.41, 5.74) is 2.41. The van der Waals surface area contributed by atoms with Crippen LogP contribution in [-0.2, 0) is 16.6 Å². The quantitative estimate of drug-likeness (QED) is 0.708. The topological polar surface area (TPSA) is 79.6 Å². The highest BCUT2D eigenvalue weighted by Gasteiger charge is 2.18. The van der Waals surface area contributed by atoms with Gasteiger partial charge in [-0.2, -0.15) is 0 Å². The lowest BCUT2D eigenvalue weighted by Gasteiger charge is -2.12. The van der Waals surface area contributed by atoms with E-state index in [2.05, 4.69) is 5.32 Å². The van der Waals surface area contributed by atoms with Crippen molar-refractivity contribution in [1.29, 1.82) is 0 Å². The third-order valence-electron chi connectivity index (χ3n) is 4.11. The first kappa shape index (κ1) is 18.9. The molecule has 140 valence electrons. The summed E-state index contributed by atoms with van der Waals surface area (Å²) in [5, 5.41) is 2.80. The summed E-state index contributed by atoms with van der Waals surface area (Å²) >= 11 is 0. The van der Waals surface area contributed by atoms with Crippen LogP contribution < -0.4 is 5.32 Å². The first-order valence-electron chi connectivity index (χ1n) is 8.32. The summed E-state index contributed by atoms with van der Waals surface area (Å²) in [5.74, 6) is -0.0863. The van der Waals surface area contributed by atoms with E-state index in [1.54, 1.807) is 18.2 Å². The number of hydrogen-bond acceptors (Lipinski definition) is 4. The van der Waals surface area contributed by atoms with Crippen LogP contribution in [0.15, 0.2) is 76.2 Å². The normalized spacial score (nSPS) is 11.5. The van der Waals surface area contributed by atoms with Crippen molar-refractivity contribution in [2.45, 2.75) is 11.4 Å². The fourth-order valence-corrected chi connectivity index (χ4v) is 3.48. The molecule has 7 heteroatoms. The van der Waals surface area contributed by atoms with E-state index in [1.807, 2.05) is 30.3 Å². The zero-order valence-electron chi connectivity index (χ0n) is 15.0. The maximum atomic E-state index is 12.5. The highest BCUT2D eigenvalue weighted by Crippen LogP contribution is 2.24. The molecular formula is C20H20N2O4S. The Hall–Kier alpha value is -2.90. The highest BCUT2D eigenvalue weighted by atomic mass is 32.2. The molecule has 0 fully saturated rings. The smallest absolute Gasteiger partial charge is 0.287 e. The van der Waals surface area contributed by atoms with Crippen molar-refractivity contribution in [2.24, 2.45) is 0 Å². The molecule has 0 spiro atoms. The third-order valence-corrected chi connectivity index (χ3v) is 5.94. The van der Waals surface area contributed by atoms with E-state index < -0.39 is 10.0 Å². The van der Waals surface area contributed by atoms with Crippen molar-refractivity contribution >= 4 is 15.9 Å². The summed E-state index contributed by atoms with van der Waals surface area (Å²) in [6.45, 7) is 0.260. The van der Waals surface area contributed by atoms with Crippen LogP contribution in [0.4, 0.5) is 0 Å². The van der Waals surface area contributed by atoms with Gasteiger partial charge in [0.2, 0.25) is 10.0 Å². The molecular weight excluding hydrogens is 364 g/mol. The van der Waals surface area contributed by atoms with E-state index in [4.69, 9.17) is 4.42 Å². The lowest BCUT2D eigenvalue weighted by atomic mass is 10.1. The molecule has 0 radical (unpaired) electrons. The number of rotatable bonds is 6. The maximum Gasteiger partial charge on any atom is 0.287 e. The molecule has 0 unspecified atom stereocenters. The van der Waals surface area contributed by atoms with E-state index in [9.17, 15) is 13.2 Å². The maximum absolute atomic E-state index is 12.5. The summed E-state index contributed by atoms with van der Waals surface area (Å²) in [4.78, 5) is 12.7. The predicted octanol–water partition coefficient (Wildman–Crippen LogP) is 3.13. The number of furan rings is 1. The Morgan fingerprint density at radius 3 is 2.30 bits per heavy atom. The molecule has 0 atom stereocenters. The Labute approximate surface area is 158 Å². The Kier molecular flexibility index (Phi) is 5.43. The SMILES string of the molecule is CN(C)S(=O)(=O)c1ccc(CNC(=O)c2occc2-c2ccccc2)cc1. The molecule has 0 aliphatic rings. The number of benzene rings is 2. The van der Waals surface area contributed by atoms with Crippen molar-refractivity contribution in [3.63, 3.8) is 0 Å². The molecule has 0 aliphatic heterocycles. The molecule has 0 saturated heterocycles. The van der Waals surface area contributed by atoms with Gasteiger partial charge < -0.3 is 9.73 Å². The zero-order chi connectivity index (χ0) is 19.4. The van der Waals surface area contributed by atoms with Crippen LogP contribution in [0.3, 0.4) is 0 Å². The molecule has 1 aromatic heterocycles. The van der Waals surface area contributed by atoms with Gasteiger partial charge in [0, 0.05) is 26.2 Å². The van der Waals surface area contributed by atoms with E-state index in [1.165, 1.54) is 32.5 Å². The van der Waals surface area contributed by atoms with Crippen LogP contribution in [0.1, 0.15) is 16.1 Å². The largest absolute Gasteiger partial charge is 0.459 e. The van der Waals surface area contributed by atoms with E-state index >= 15 is 0 Å². The highest BCUT2D eigenvalue weighted by molar-refractivity contribution is 7.89. The fourth-order valence-electron chi connectivity index (χ4n) is 2.58. The second-order valence-electron chi connectivity index (χ2n) is 6.14. The molecule has 3 aromatic rings. The molecule has 3 rings (SSSR count). The van der Waals surface area contributed by atoms with Crippen LogP contribution in [-0.4, -0.2) is 32.7 Å². The van der Waals surface area contributed by atoms with Gasteiger partial charge >= 0.3 is 0 Å². The summed E-state index contributed by atoms with van der Waals surface area (Å²) in [6, 6.07) is 17.7. The van der Waals surface area contributed by atoms with Gasteiger partial charge in [-0.15, -0.1) is 0 Å². The number of hydrogen-bond donors (Lipinski definition) is 1. The number of carbonyl (C=O) groups is 1. The molecule has 1 amide bonds. The Bertz CT molecular complexity index is 1020. The second kappa shape index (κ2) is 7.77. The second-order valence-corrected chi connectivity index (χ2v) is 8.30. The molecule has 1 heterocycles. The Balaban J connectivity index is 1.70. The summed E-state index contributed by atoms with van der Waals surface area (Å²) in [6.07, 6.45) is 1.48. The van der Waals surface area contributed by atoms with Crippen LogP contribution in [0.2, 0.25) is 0 Å². The van der Waals surface area contributed by atoms with Crippen LogP contribution in [0.5, 0.6) is 0 Å². The van der Waals surface area contributed by atoms with Gasteiger partial charge in [-0.3, -0.25) is 4.79 Å². The average Bonchev–Trinajstić information content (AvgIpc) is 3.17. The van der Waals surface area contributed by atoms with E-state index in [0.29, 0.717) is 0 Å². The van der Waals surface area contributed by atoms with E-state index in [0.717, 1.165) is 21.0 Å². The lowest BCUT2D eigenvalue weighted by molar-refractivity contribution is 0.0924. The number of nitrogens with one attached hydrogen (secondary N) is 1. The Morgan fingerprint density at radius 1 is 1.00 bits per heavy atom. The number of carbonyl (C=O) groups excluding carboxylic acids is 1. The lowest BCUT2D eigenvalue weighted by Crippen LogP contribution is -2.23. The zero-order valence-corrected chi connectivity index (χ0v) is 15.9. The van der Waals surface area contributed by atoms with Gasteiger partial charge in [-0.25, -0.2) is 12.7 Å². The molecule has 6 nitrogen and oxygen atoms in total. The third kappa shape index (κ3) is 4.10. The van der Waals surface area contributed by atoms with Gasteiger partial charge in [0.1, 0.15) is 0 Å². The minimum Gasteiger partial charge on any atom is -0.459 e. The monoisotopic (exact) mass is 384 g/mol. The van der Waals surface area contributed by atoms with Crippen molar-refractivity contribution in [2.75, 3.05) is 14.1 Å². The summed E-state index contributed by atoms with van der Waals surface area (Å²) in [7, 11) is -0.499. The van der Waals surface area contributed by atoms with Gasteiger partial charge in [-0.05, 0) is 29.3 Å². The molecule has 0 saturated carbocycles. The molecule has 2 aromatic carbocycles. The minimum atomic E-state index is -3.47. The van der Waals surface area contributed by atoms with Crippen molar-refractivity contribution in [3.05, 3.63) is 78.3 Å². The minimum absolute atomic E-state index is 0.208. The van der Waals surface area contributed by atoms with Crippen molar-refractivity contribution < 1.29 is 17.6 Å². The first-order chi connectivity index (χ1) is 12.9. The van der Waals surface area contributed by atoms with Gasteiger partial charge in [0.25, 0.3) is 5.91 Å². The van der Waals surface area contributed by atoms with Gasteiger partial charge in [0.05, 0.1) is 11.2 Å². The average molecular weight is 384 g/mol. The van der Waals surface area contributed by atoms with Crippen LogP contribution in [0, 0.1) is 0 Å². The number of amides is 1. The first-order valence-corrected chi connectivity index (χ1v) is 9.76. The van der Waals surface area contributed by atoms with Crippen LogP contribution >= 0.6 is 0 Å². The van der Waals surface area contributed by atoms with E-state index in [-0.39, 0.29) is 23.1 Å². The Morgan fingerprint density at radius 2 is 1.67 bits per heavy atom. The van der Waals surface area contributed by atoms with Crippen molar-refractivity contribution in [1.82, 2.24) is 9.62 Å². The van der Waals surface area contributed by atoms with Crippen molar-refractivity contribution in [3.8, 4) is 11.1 Å². The van der Waals surface area contributed by atoms with Gasteiger partial charge in [0.15, 0.2) is 5.76 Å².